The number of methoxy groups -OCH3 is 1. The van der Waals surface area contributed by atoms with E-state index < -0.39 is 5.82 Å². The summed E-state index contributed by atoms with van der Waals surface area (Å²) in [5.74, 6) is 0.487. The molecule has 0 aliphatic rings. The summed E-state index contributed by atoms with van der Waals surface area (Å²) < 4.78 is 30.1. The summed E-state index contributed by atoms with van der Waals surface area (Å²) in [7, 11) is 1.58. The molecule has 0 unspecified atom stereocenters. The fourth-order valence-electron chi connectivity index (χ4n) is 2.25. The summed E-state index contributed by atoms with van der Waals surface area (Å²) in [6, 6.07) is 11.3. The van der Waals surface area contributed by atoms with Crippen LogP contribution in [0.5, 0.6) is 11.5 Å². The van der Waals surface area contributed by atoms with E-state index in [0.717, 1.165) is 11.3 Å². The van der Waals surface area contributed by atoms with Gasteiger partial charge in [0.15, 0.2) is 18.2 Å². The number of anilines is 1. The number of hydrogen-bond acceptors (Lipinski definition) is 6. The molecule has 3 rings (SSSR count). The SMILES string of the molecule is CCC(=O)Nc1ccc(OCc2nnc(-c3ccc(OC)cc3)o2)c(F)c1. The number of hydrogen-bond donors (Lipinski definition) is 1. The molecule has 0 aliphatic carbocycles. The summed E-state index contributed by atoms with van der Waals surface area (Å²) in [6.07, 6.45) is 0.313. The maximum atomic E-state index is 14.1. The van der Waals surface area contributed by atoms with Crippen molar-refractivity contribution in [3.8, 4) is 23.0 Å². The van der Waals surface area contributed by atoms with Crippen molar-refractivity contribution in [1.82, 2.24) is 10.2 Å². The molecule has 3 aromatic rings. The van der Waals surface area contributed by atoms with Crippen molar-refractivity contribution < 1.29 is 23.1 Å². The Labute approximate surface area is 155 Å². The minimum Gasteiger partial charge on any atom is -0.497 e. The molecular formula is C19H18FN3O4. The first-order valence-corrected chi connectivity index (χ1v) is 8.28. The van der Waals surface area contributed by atoms with Gasteiger partial charge in [-0.2, -0.15) is 0 Å². The van der Waals surface area contributed by atoms with Crippen molar-refractivity contribution in [3.63, 3.8) is 0 Å². The van der Waals surface area contributed by atoms with E-state index in [9.17, 15) is 9.18 Å². The average molecular weight is 371 g/mol. The lowest BCUT2D eigenvalue weighted by molar-refractivity contribution is -0.115. The van der Waals surface area contributed by atoms with E-state index in [1.165, 1.54) is 12.1 Å². The number of aromatic nitrogens is 2. The average Bonchev–Trinajstić information content (AvgIpc) is 3.16. The van der Waals surface area contributed by atoms with Crippen LogP contribution in [0.3, 0.4) is 0 Å². The van der Waals surface area contributed by atoms with Gasteiger partial charge in [0.25, 0.3) is 5.89 Å². The first-order valence-electron chi connectivity index (χ1n) is 8.28. The van der Waals surface area contributed by atoms with Crippen LogP contribution in [0.2, 0.25) is 0 Å². The van der Waals surface area contributed by atoms with Gasteiger partial charge in [-0.15, -0.1) is 10.2 Å². The third-order valence-corrected chi connectivity index (χ3v) is 3.69. The van der Waals surface area contributed by atoms with Gasteiger partial charge in [-0.25, -0.2) is 4.39 Å². The molecule has 0 spiro atoms. The van der Waals surface area contributed by atoms with E-state index in [1.54, 1.807) is 44.4 Å². The fraction of sp³-hybridized carbons (Fsp3) is 0.211. The van der Waals surface area contributed by atoms with Gasteiger partial charge in [0.05, 0.1) is 7.11 Å². The molecule has 1 heterocycles. The van der Waals surface area contributed by atoms with Gasteiger partial charge in [-0.1, -0.05) is 6.92 Å². The number of rotatable bonds is 7. The molecule has 0 aliphatic heterocycles. The first kappa shape index (κ1) is 18.4. The smallest absolute Gasteiger partial charge is 0.254 e. The second-order valence-electron chi connectivity index (χ2n) is 5.57. The second-order valence-corrected chi connectivity index (χ2v) is 5.57. The molecule has 27 heavy (non-hydrogen) atoms. The Morgan fingerprint density at radius 2 is 1.96 bits per heavy atom. The number of carbonyl (C=O) groups is 1. The van der Waals surface area contributed by atoms with Crippen LogP contribution in [0.25, 0.3) is 11.5 Å². The summed E-state index contributed by atoms with van der Waals surface area (Å²) in [4.78, 5) is 11.3. The summed E-state index contributed by atoms with van der Waals surface area (Å²) in [5, 5.41) is 10.4. The van der Waals surface area contributed by atoms with Gasteiger partial charge in [-0.05, 0) is 36.4 Å². The van der Waals surface area contributed by atoms with Crippen molar-refractivity contribution in [3.05, 3.63) is 54.2 Å². The molecule has 1 aromatic heterocycles. The molecule has 1 amide bonds. The Morgan fingerprint density at radius 3 is 2.63 bits per heavy atom. The first-order chi connectivity index (χ1) is 13.1. The molecule has 0 saturated carbocycles. The Bertz CT molecular complexity index is 925. The van der Waals surface area contributed by atoms with E-state index in [0.29, 0.717) is 18.0 Å². The lowest BCUT2D eigenvalue weighted by atomic mass is 10.2. The third-order valence-electron chi connectivity index (χ3n) is 3.69. The molecule has 140 valence electrons. The van der Waals surface area contributed by atoms with Gasteiger partial charge in [0.1, 0.15) is 5.75 Å². The van der Waals surface area contributed by atoms with E-state index in [4.69, 9.17) is 13.9 Å². The second kappa shape index (κ2) is 8.31. The fourth-order valence-corrected chi connectivity index (χ4v) is 2.25. The van der Waals surface area contributed by atoms with Crippen LogP contribution in [-0.4, -0.2) is 23.2 Å². The van der Waals surface area contributed by atoms with Crippen molar-refractivity contribution in [2.24, 2.45) is 0 Å². The van der Waals surface area contributed by atoms with Crippen LogP contribution in [0, 0.1) is 5.82 Å². The maximum absolute atomic E-state index is 14.1. The van der Waals surface area contributed by atoms with Gasteiger partial charge in [0, 0.05) is 23.7 Å². The lowest BCUT2D eigenvalue weighted by Crippen LogP contribution is -2.09. The third kappa shape index (κ3) is 4.60. The van der Waals surface area contributed by atoms with Crippen LogP contribution in [0.1, 0.15) is 19.2 Å². The maximum Gasteiger partial charge on any atom is 0.254 e. The standard InChI is InChI=1S/C19H18FN3O4/c1-3-17(24)21-13-6-9-16(15(20)10-13)26-11-18-22-23-19(27-18)12-4-7-14(25-2)8-5-12/h4-10H,3,11H2,1-2H3,(H,21,24). The minimum atomic E-state index is -0.598. The van der Waals surface area contributed by atoms with E-state index in [1.807, 2.05) is 0 Å². The highest BCUT2D eigenvalue weighted by Gasteiger charge is 2.12. The highest BCUT2D eigenvalue weighted by atomic mass is 19.1. The molecule has 0 saturated heterocycles. The summed E-state index contributed by atoms with van der Waals surface area (Å²) in [6.45, 7) is 1.63. The monoisotopic (exact) mass is 371 g/mol. The number of carbonyl (C=O) groups excluding carboxylic acids is 1. The van der Waals surface area contributed by atoms with Crippen LogP contribution >= 0.6 is 0 Å². The largest absolute Gasteiger partial charge is 0.497 e. The van der Waals surface area contributed by atoms with Crippen LogP contribution in [0.4, 0.5) is 10.1 Å². The van der Waals surface area contributed by atoms with E-state index >= 15 is 0 Å². The number of halogens is 1. The van der Waals surface area contributed by atoms with Crippen molar-refractivity contribution in [2.45, 2.75) is 20.0 Å². The molecule has 0 atom stereocenters. The molecule has 0 fully saturated rings. The molecule has 7 nitrogen and oxygen atoms in total. The molecular weight excluding hydrogens is 353 g/mol. The summed E-state index contributed by atoms with van der Waals surface area (Å²) in [5.41, 5.74) is 1.10. The lowest BCUT2D eigenvalue weighted by Gasteiger charge is -2.08. The highest BCUT2D eigenvalue weighted by Crippen LogP contribution is 2.24. The van der Waals surface area contributed by atoms with E-state index in [2.05, 4.69) is 15.5 Å². The molecule has 2 aromatic carbocycles. The molecule has 1 N–H and O–H groups in total. The molecule has 8 heteroatoms. The van der Waals surface area contributed by atoms with Crippen LogP contribution in [0.15, 0.2) is 46.9 Å². The minimum absolute atomic E-state index is 0.0219. The van der Waals surface area contributed by atoms with Crippen LogP contribution in [-0.2, 0) is 11.4 Å². The molecule has 0 bridgehead atoms. The van der Waals surface area contributed by atoms with Crippen molar-refractivity contribution in [1.29, 1.82) is 0 Å². The normalized spacial score (nSPS) is 10.5. The van der Waals surface area contributed by atoms with Crippen molar-refractivity contribution in [2.75, 3.05) is 12.4 Å². The predicted molar refractivity (Wildman–Crippen MR) is 95.9 cm³/mol. The molecule has 0 radical (unpaired) electrons. The zero-order chi connectivity index (χ0) is 19.2. The topological polar surface area (TPSA) is 86.5 Å². The van der Waals surface area contributed by atoms with Gasteiger partial charge < -0.3 is 19.2 Å². The number of benzene rings is 2. The Balaban J connectivity index is 1.63. The van der Waals surface area contributed by atoms with Gasteiger partial charge in [0.2, 0.25) is 11.8 Å². The van der Waals surface area contributed by atoms with Crippen molar-refractivity contribution >= 4 is 11.6 Å². The van der Waals surface area contributed by atoms with Gasteiger partial charge in [-0.3, -0.25) is 4.79 Å². The number of nitrogens with one attached hydrogen (secondary N) is 1. The quantitative estimate of drug-likeness (QED) is 0.680. The Kier molecular flexibility index (Phi) is 5.65. The zero-order valence-corrected chi connectivity index (χ0v) is 14.9. The predicted octanol–water partition coefficient (Wildman–Crippen LogP) is 3.81. The number of ether oxygens (including phenoxy) is 2. The summed E-state index contributed by atoms with van der Waals surface area (Å²) >= 11 is 0. The number of amides is 1. The highest BCUT2D eigenvalue weighted by molar-refractivity contribution is 5.90. The Hall–Kier alpha value is -3.42. The number of nitrogens with zero attached hydrogens (tertiary/aromatic N) is 2. The van der Waals surface area contributed by atoms with E-state index in [-0.39, 0.29) is 24.2 Å². The van der Waals surface area contributed by atoms with Gasteiger partial charge >= 0.3 is 0 Å². The zero-order valence-electron chi connectivity index (χ0n) is 14.9. The Morgan fingerprint density at radius 1 is 1.19 bits per heavy atom. The van der Waals surface area contributed by atoms with Crippen LogP contribution < -0.4 is 14.8 Å².